The lowest BCUT2D eigenvalue weighted by Crippen LogP contribution is -2.31. The first kappa shape index (κ1) is 13.3. The van der Waals surface area contributed by atoms with Gasteiger partial charge < -0.3 is 15.1 Å². The molecule has 1 atom stereocenters. The summed E-state index contributed by atoms with van der Waals surface area (Å²) in [6.07, 6.45) is 3.67. The Bertz CT molecular complexity index is 397. The zero-order valence-electron chi connectivity index (χ0n) is 10.5. The van der Waals surface area contributed by atoms with E-state index < -0.39 is 0 Å². The van der Waals surface area contributed by atoms with Crippen LogP contribution in [0.2, 0.25) is 0 Å². The zero-order valence-corrected chi connectivity index (χ0v) is 10.5. The Kier molecular flexibility index (Phi) is 4.55. The quantitative estimate of drug-likeness (QED) is 0.844. The molecule has 3 nitrogen and oxygen atoms in total. The van der Waals surface area contributed by atoms with Crippen molar-refractivity contribution in [1.29, 1.82) is 0 Å². The van der Waals surface area contributed by atoms with Crippen LogP contribution in [0.1, 0.15) is 31.2 Å². The third kappa shape index (κ3) is 2.65. The van der Waals surface area contributed by atoms with Crippen molar-refractivity contribution in [1.82, 2.24) is 0 Å². The summed E-state index contributed by atoms with van der Waals surface area (Å²) < 4.78 is 14.0. The third-order valence-corrected chi connectivity index (χ3v) is 3.60. The molecule has 1 aliphatic rings. The van der Waals surface area contributed by atoms with E-state index in [2.05, 4.69) is 4.90 Å². The molecule has 1 aromatic rings. The molecular formula is C14H20FNO2. The number of hydrogen-bond acceptors (Lipinski definition) is 3. The van der Waals surface area contributed by atoms with Gasteiger partial charge in [-0.3, -0.25) is 0 Å². The number of aliphatic hydroxyl groups is 2. The number of hydrogen-bond donors (Lipinski definition) is 2. The molecule has 1 fully saturated rings. The molecular weight excluding hydrogens is 233 g/mol. The van der Waals surface area contributed by atoms with Gasteiger partial charge in [-0.15, -0.1) is 0 Å². The van der Waals surface area contributed by atoms with E-state index in [0.29, 0.717) is 11.3 Å². The monoisotopic (exact) mass is 253 g/mol. The standard InChI is InChI=1S/C14H20FNO2/c15-13-7-1-4-11(10-18)14(13)16-8-2-5-12(16)6-3-9-17/h1,4,7,12,17-18H,2-3,5-6,8-10H2. The lowest BCUT2D eigenvalue weighted by Gasteiger charge is -2.29. The minimum atomic E-state index is -0.266. The maximum Gasteiger partial charge on any atom is 0.146 e. The molecule has 100 valence electrons. The lowest BCUT2D eigenvalue weighted by molar-refractivity contribution is 0.277. The second kappa shape index (κ2) is 6.16. The molecule has 1 unspecified atom stereocenters. The fraction of sp³-hybridized carbons (Fsp3) is 0.571. The summed E-state index contributed by atoms with van der Waals surface area (Å²) in [6, 6.07) is 5.11. The SMILES string of the molecule is OCCCC1CCCN1c1c(F)cccc1CO. The molecule has 0 spiro atoms. The molecule has 0 amide bonds. The average molecular weight is 253 g/mol. The molecule has 0 saturated carbocycles. The van der Waals surface area contributed by atoms with Crippen molar-refractivity contribution in [3.63, 3.8) is 0 Å². The van der Waals surface area contributed by atoms with Crippen LogP contribution >= 0.6 is 0 Å². The van der Waals surface area contributed by atoms with Crippen LogP contribution in [-0.4, -0.2) is 29.4 Å². The predicted molar refractivity (Wildman–Crippen MR) is 69.0 cm³/mol. The molecule has 1 aromatic carbocycles. The molecule has 1 aliphatic heterocycles. The lowest BCUT2D eigenvalue weighted by atomic mass is 10.1. The fourth-order valence-electron chi connectivity index (χ4n) is 2.77. The molecule has 2 rings (SSSR count). The second-order valence-electron chi connectivity index (χ2n) is 4.76. The van der Waals surface area contributed by atoms with Crippen molar-refractivity contribution in [2.45, 2.75) is 38.3 Å². The van der Waals surface area contributed by atoms with Gasteiger partial charge in [-0.25, -0.2) is 4.39 Å². The topological polar surface area (TPSA) is 43.7 Å². The number of anilines is 1. The van der Waals surface area contributed by atoms with Gasteiger partial charge in [-0.05, 0) is 31.7 Å². The fourth-order valence-corrected chi connectivity index (χ4v) is 2.77. The van der Waals surface area contributed by atoms with Crippen LogP contribution in [0, 0.1) is 5.82 Å². The average Bonchev–Trinajstić information content (AvgIpc) is 2.83. The zero-order chi connectivity index (χ0) is 13.0. The molecule has 0 bridgehead atoms. The minimum absolute atomic E-state index is 0.143. The Hall–Kier alpha value is -1.13. The number of nitrogens with zero attached hydrogens (tertiary/aromatic N) is 1. The molecule has 2 N–H and O–H groups in total. The van der Waals surface area contributed by atoms with E-state index in [0.717, 1.165) is 32.2 Å². The van der Waals surface area contributed by atoms with Crippen LogP contribution in [-0.2, 0) is 6.61 Å². The summed E-state index contributed by atoms with van der Waals surface area (Å²) in [7, 11) is 0. The van der Waals surface area contributed by atoms with Gasteiger partial charge in [0.1, 0.15) is 5.82 Å². The summed E-state index contributed by atoms with van der Waals surface area (Å²) in [6.45, 7) is 0.856. The predicted octanol–water partition coefficient (Wildman–Crippen LogP) is 2.06. The van der Waals surface area contributed by atoms with Crippen LogP contribution in [0.3, 0.4) is 0 Å². The minimum Gasteiger partial charge on any atom is -0.396 e. The van der Waals surface area contributed by atoms with Gasteiger partial charge in [-0.1, -0.05) is 12.1 Å². The molecule has 1 heterocycles. The van der Waals surface area contributed by atoms with Crippen LogP contribution in [0.15, 0.2) is 18.2 Å². The Balaban J connectivity index is 2.24. The van der Waals surface area contributed by atoms with E-state index in [9.17, 15) is 9.50 Å². The maximum atomic E-state index is 14.0. The van der Waals surface area contributed by atoms with Crippen molar-refractivity contribution >= 4 is 5.69 Å². The van der Waals surface area contributed by atoms with Crippen molar-refractivity contribution < 1.29 is 14.6 Å². The summed E-state index contributed by atoms with van der Waals surface area (Å²) in [5, 5.41) is 18.2. The first-order chi connectivity index (χ1) is 8.77. The summed E-state index contributed by atoms with van der Waals surface area (Å²) in [5.41, 5.74) is 1.19. The Morgan fingerprint density at radius 2 is 2.17 bits per heavy atom. The highest BCUT2D eigenvalue weighted by Crippen LogP contribution is 2.32. The summed E-state index contributed by atoms with van der Waals surface area (Å²) in [5.74, 6) is -0.266. The maximum absolute atomic E-state index is 14.0. The van der Waals surface area contributed by atoms with Crippen molar-refractivity contribution in [3.8, 4) is 0 Å². The van der Waals surface area contributed by atoms with Crippen molar-refractivity contribution in [2.24, 2.45) is 0 Å². The highest BCUT2D eigenvalue weighted by molar-refractivity contribution is 5.56. The molecule has 18 heavy (non-hydrogen) atoms. The number of benzene rings is 1. The normalized spacial score (nSPS) is 19.5. The Morgan fingerprint density at radius 1 is 1.33 bits per heavy atom. The van der Waals surface area contributed by atoms with Gasteiger partial charge in [0.2, 0.25) is 0 Å². The summed E-state index contributed by atoms with van der Waals surface area (Å²) >= 11 is 0. The van der Waals surface area contributed by atoms with Gasteiger partial charge in [0.15, 0.2) is 0 Å². The molecule has 4 heteroatoms. The number of halogens is 1. The second-order valence-corrected chi connectivity index (χ2v) is 4.76. The smallest absolute Gasteiger partial charge is 0.146 e. The molecule has 0 radical (unpaired) electrons. The van der Waals surface area contributed by atoms with Gasteiger partial charge in [0.25, 0.3) is 0 Å². The van der Waals surface area contributed by atoms with Gasteiger partial charge in [0, 0.05) is 24.8 Å². The molecule has 1 saturated heterocycles. The number of para-hydroxylation sites is 1. The van der Waals surface area contributed by atoms with E-state index in [-0.39, 0.29) is 25.1 Å². The van der Waals surface area contributed by atoms with Crippen LogP contribution in [0.4, 0.5) is 10.1 Å². The summed E-state index contributed by atoms with van der Waals surface area (Å²) in [4.78, 5) is 2.05. The van der Waals surface area contributed by atoms with Crippen LogP contribution < -0.4 is 4.90 Å². The van der Waals surface area contributed by atoms with E-state index in [1.165, 1.54) is 6.07 Å². The first-order valence-electron chi connectivity index (χ1n) is 6.53. The highest BCUT2D eigenvalue weighted by atomic mass is 19.1. The van der Waals surface area contributed by atoms with Gasteiger partial charge in [0.05, 0.1) is 12.3 Å². The largest absolute Gasteiger partial charge is 0.396 e. The highest BCUT2D eigenvalue weighted by Gasteiger charge is 2.27. The third-order valence-electron chi connectivity index (χ3n) is 3.60. The number of rotatable bonds is 5. The van der Waals surface area contributed by atoms with Crippen LogP contribution in [0.25, 0.3) is 0 Å². The van der Waals surface area contributed by atoms with Crippen LogP contribution in [0.5, 0.6) is 0 Å². The van der Waals surface area contributed by atoms with Crippen molar-refractivity contribution in [3.05, 3.63) is 29.6 Å². The van der Waals surface area contributed by atoms with Gasteiger partial charge >= 0.3 is 0 Å². The Morgan fingerprint density at radius 3 is 2.89 bits per heavy atom. The van der Waals surface area contributed by atoms with E-state index in [1.807, 2.05) is 0 Å². The molecule has 0 aliphatic carbocycles. The van der Waals surface area contributed by atoms with E-state index >= 15 is 0 Å². The first-order valence-corrected chi connectivity index (χ1v) is 6.53. The number of aliphatic hydroxyl groups excluding tert-OH is 2. The Labute approximate surface area is 107 Å². The van der Waals surface area contributed by atoms with E-state index in [1.54, 1.807) is 12.1 Å². The van der Waals surface area contributed by atoms with Crippen molar-refractivity contribution in [2.75, 3.05) is 18.1 Å². The van der Waals surface area contributed by atoms with E-state index in [4.69, 9.17) is 5.11 Å². The van der Waals surface area contributed by atoms with Gasteiger partial charge in [-0.2, -0.15) is 0 Å². The molecule has 0 aromatic heterocycles.